The van der Waals surface area contributed by atoms with E-state index in [-0.39, 0.29) is 5.91 Å². The summed E-state index contributed by atoms with van der Waals surface area (Å²) in [5.41, 5.74) is 3.23. The smallest absolute Gasteiger partial charge is 0.255 e. The van der Waals surface area contributed by atoms with Crippen LogP contribution in [0.4, 0.5) is 11.5 Å². The van der Waals surface area contributed by atoms with Gasteiger partial charge in [-0.05, 0) is 37.1 Å². The minimum atomic E-state index is -0.138. The molecule has 110 valence electrons. The molecule has 0 aliphatic carbocycles. The molecule has 1 amide bonds. The Bertz CT molecular complexity index is 640. The van der Waals surface area contributed by atoms with Crippen molar-refractivity contribution >= 4 is 17.4 Å². The van der Waals surface area contributed by atoms with E-state index in [4.69, 9.17) is 0 Å². The standard InChI is InChI=1S/C16H20N4O/c1-4-5-13-8-12(9-15(17-3)19-13)16(21)20-14-6-7-18-10-11(14)2/h6-10H,4-5H2,1-3H3,(H,17,19)(H,18,20,21). The van der Waals surface area contributed by atoms with Crippen LogP contribution in [-0.2, 0) is 6.42 Å². The highest BCUT2D eigenvalue weighted by Crippen LogP contribution is 2.16. The fourth-order valence-corrected chi connectivity index (χ4v) is 2.04. The van der Waals surface area contributed by atoms with E-state index >= 15 is 0 Å². The maximum Gasteiger partial charge on any atom is 0.255 e. The third-order valence-electron chi connectivity index (χ3n) is 3.17. The zero-order chi connectivity index (χ0) is 15.2. The van der Waals surface area contributed by atoms with E-state index in [1.54, 1.807) is 31.6 Å². The van der Waals surface area contributed by atoms with Crippen LogP contribution in [-0.4, -0.2) is 22.9 Å². The molecular formula is C16H20N4O. The number of aromatic nitrogens is 2. The number of hydrogen-bond donors (Lipinski definition) is 2. The number of nitrogens with one attached hydrogen (secondary N) is 2. The number of carbonyl (C=O) groups excluding carboxylic acids is 1. The fraction of sp³-hybridized carbons (Fsp3) is 0.312. The summed E-state index contributed by atoms with van der Waals surface area (Å²) in [6, 6.07) is 5.39. The molecule has 2 aromatic rings. The summed E-state index contributed by atoms with van der Waals surface area (Å²) in [5, 5.41) is 5.91. The van der Waals surface area contributed by atoms with Crippen LogP contribution < -0.4 is 10.6 Å². The Hall–Kier alpha value is -2.43. The van der Waals surface area contributed by atoms with Crippen LogP contribution in [0.25, 0.3) is 0 Å². The lowest BCUT2D eigenvalue weighted by atomic mass is 10.1. The monoisotopic (exact) mass is 284 g/mol. The van der Waals surface area contributed by atoms with Gasteiger partial charge in [-0.15, -0.1) is 0 Å². The molecule has 0 saturated carbocycles. The lowest BCUT2D eigenvalue weighted by Gasteiger charge is -2.10. The Morgan fingerprint density at radius 2 is 2.14 bits per heavy atom. The van der Waals surface area contributed by atoms with Gasteiger partial charge in [0.2, 0.25) is 0 Å². The maximum absolute atomic E-state index is 12.4. The van der Waals surface area contributed by atoms with Crippen LogP contribution in [0.3, 0.4) is 0 Å². The predicted molar refractivity (Wildman–Crippen MR) is 84.7 cm³/mol. The number of nitrogens with zero attached hydrogens (tertiary/aromatic N) is 2. The minimum Gasteiger partial charge on any atom is -0.373 e. The first-order valence-corrected chi connectivity index (χ1v) is 7.04. The molecular weight excluding hydrogens is 264 g/mol. The highest BCUT2D eigenvalue weighted by Gasteiger charge is 2.11. The second-order valence-electron chi connectivity index (χ2n) is 4.88. The predicted octanol–water partition coefficient (Wildman–Crippen LogP) is 3.03. The Kier molecular flexibility index (Phi) is 4.87. The van der Waals surface area contributed by atoms with Gasteiger partial charge < -0.3 is 10.6 Å². The van der Waals surface area contributed by atoms with Crippen LogP contribution in [0.15, 0.2) is 30.6 Å². The summed E-state index contributed by atoms with van der Waals surface area (Å²) in [6.45, 7) is 4.00. The minimum absolute atomic E-state index is 0.138. The molecule has 0 unspecified atom stereocenters. The van der Waals surface area contributed by atoms with Gasteiger partial charge in [-0.1, -0.05) is 13.3 Å². The Labute approximate surface area is 124 Å². The number of pyridine rings is 2. The first kappa shape index (κ1) is 15.0. The normalized spacial score (nSPS) is 10.2. The van der Waals surface area contributed by atoms with E-state index < -0.39 is 0 Å². The number of amides is 1. The number of anilines is 2. The van der Waals surface area contributed by atoms with E-state index in [9.17, 15) is 4.79 Å². The molecule has 5 heteroatoms. The Morgan fingerprint density at radius 1 is 1.33 bits per heavy atom. The molecule has 2 aromatic heterocycles. The van der Waals surface area contributed by atoms with Crippen LogP contribution in [0.1, 0.15) is 35.0 Å². The molecule has 5 nitrogen and oxygen atoms in total. The average Bonchev–Trinajstić information content (AvgIpc) is 2.49. The highest BCUT2D eigenvalue weighted by molar-refractivity contribution is 6.05. The van der Waals surface area contributed by atoms with Gasteiger partial charge >= 0.3 is 0 Å². The average molecular weight is 284 g/mol. The molecule has 0 fully saturated rings. The first-order valence-electron chi connectivity index (χ1n) is 7.04. The van der Waals surface area contributed by atoms with Gasteiger partial charge in [0.05, 0.1) is 0 Å². The van der Waals surface area contributed by atoms with Crippen LogP contribution in [0.5, 0.6) is 0 Å². The second kappa shape index (κ2) is 6.83. The number of carbonyl (C=O) groups is 1. The largest absolute Gasteiger partial charge is 0.373 e. The van der Waals surface area contributed by atoms with Gasteiger partial charge in [0.25, 0.3) is 5.91 Å². The van der Waals surface area contributed by atoms with Crippen molar-refractivity contribution in [3.05, 3.63) is 47.4 Å². The molecule has 0 bridgehead atoms. The maximum atomic E-state index is 12.4. The number of aryl methyl sites for hydroxylation is 2. The second-order valence-corrected chi connectivity index (χ2v) is 4.88. The Balaban J connectivity index is 2.26. The SMILES string of the molecule is CCCc1cc(C(=O)Nc2ccncc2C)cc(NC)n1. The van der Waals surface area contributed by atoms with Crippen molar-refractivity contribution in [1.29, 1.82) is 0 Å². The van der Waals surface area contributed by atoms with Gasteiger partial charge in [-0.3, -0.25) is 9.78 Å². The molecule has 0 spiro atoms. The van der Waals surface area contributed by atoms with E-state index in [2.05, 4.69) is 27.5 Å². The number of hydrogen-bond acceptors (Lipinski definition) is 4. The molecule has 0 aliphatic rings. The lowest BCUT2D eigenvalue weighted by Crippen LogP contribution is -2.14. The van der Waals surface area contributed by atoms with Gasteiger partial charge in [0.15, 0.2) is 0 Å². The zero-order valence-electron chi connectivity index (χ0n) is 12.6. The number of rotatable bonds is 5. The van der Waals surface area contributed by atoms with Crippen molar-refractivity contribution in [3.8, 4) is 0 Å². The Morgan fingerprint density at radius 3 is 2.81 bits per heavy atom. The van der Waals surface area contributed by atoms with Crippen molar-refractivity contribution in [1.82, 2.24) is 9.97 Å². The lowest BCUT2D eigenvalue weighted by molar-refractivity contribution is 0.102. The van der Waals surface area contributed by atoms with Crippen molar-refractivity contribution in [2.45, 2.75) is 26.7 Å². The van der Waals surface area contributed by atoms with Crippen molar-refractivity contribution in [2.24, 2.45) is 0 Å². The summed E-state index contributed by atoms with van der Waals surface area (Å²) < 4.78 is 0. The van der Waals surface area contributed by atoms with Gasteiger partial charge in [0, 0.05) is 36.4 Å². The fourth-order valence-electron chi connectivity index (χ4n) is 2.04. The third kappa shape index (κ3) is 3.78. The summed E-state index contributed by atoms with van der Waals surface area (Å²) >= 11 is 0. The summed E-state index contributed by atoms with van der Waals surface area (Å²) in [5.74, 6) is 0.568. The van der Waals surface area contributed by atoms with Gasteiger partial charge in [0.1, 0.15) is 5.82 Å². The topological polar surface area (TPSA) is 66.9 Å². The first-order chi connectivity index (χ1) is 10.1. The van der Waals surface area contributed by atoms with Crippen LogP contribution in [0, 0.1) is 6.92 Å². The van der Waals surface area contributed by atoms with Crippen molar-refractivity contribution in [2.75, 3.05) is 17.7 Å². The summed E-state index contributed by atoms with van der Waals surface area (Å²) in [7, 11) is 1.80. The van der Waals surface area contributed by atoms with E-state index in [1.165, 1.54) is 0 Å². The molecule has 0 aromatic carbocycles. The van der Waals surface area contributed by atoms with E-state index in [1.807, 2.05) is 13.0 Å². The molecule has 2 heterocycles. The molecule has 2 rings (SSSR count). The van der Waals surface area contributed by atoms with Crippen LogP contribution in [0.2, 0.25) is 0 Å². The van der Waals surface area contributed by atoms with E-state index in [0.717, 1.165) is 29.8 Å². The molecule has 2 N–H and O–H groups in total. The van der Waals surface area contributed by atoms with Gasteiger partial charge in [-0.2, -0.15) is 0 Å². The summed E-state index contributed by atoms with van der Waals surface area (Å²) in [4.78, 5) is 20.9. The molecule has 21 heavy (non-hydrogen) atoms. The summed E-state index contributed by atoms with van der Waals surface area (Å²) in [6.07, 6.45) is 5.23. The van der Waals surface area contributed by atoms with Crippen molar-refractivity contribution < 1.29 is 4.79 Å². The highest BCUT2D eigenvalue weighted by atomic mass is 16.1. The quantitative estimate of drug-likeness (QED) is 0.885. The zero-order valence-corrected chi connectivity index (χ0v) is 12.6. The van der Waals surface area contributed by atoms with Crippen molar-refractivity contribution in [3.63, 3.8) is 0 Å². The molecule has 0 atom stereocenters. The third-order valence-corrected chi connectivity index (χ3v) is 3.17. The van der Waals surface area contributed by atoms with Crippen LogP contribution >= 0.6 is 0 Å². The molecule has 0 radical (unpaired) electrons. The molecule has 0 aliphatic heterocycles. The molecule has 0 saturated heterocycles. The van der Waals surface area contributed by atoms with Gasteiger partial charge in [-0.25, -0.2) is 4.98 Å². The van der Waals surface area contributed by atoms with E-state index in [0.29, 0.717) is 11.4 Å².